The minimum Gasteiger partial charge on any atom is -0.372 e. The molecule has 0 unspecified atom stereocenters. The van der Waals surface area contributed by atoms with E-state index in [0.717, 1.165) is 5.56 Å². The van der Waals surface area contributed by atoms with E-state index in [9.17, 15) is 13.2 Å². The van der Waals surface area contributed by atoms with Crippen LogP contribution in [0.3, 0.4) is 0 Å². The van der Waals surface area contributed by atoms with Crippen molar-refractivity contribution in [2.75, 3.05) is 18.8 Å². The molecule has 1 aliphatic heterocycles. The molecule has 28 heavy (non-hydrogen) atoms. The van der Waals surface area contributed by atoms with Crippen molar-refractivity contribution in [1.82, 2.24) is 4.90 Å². The fourth-order valence-corrected chi connectivity index (χ4v) is 4.96. The quantitative estimate of drug-likeness (QED) is 0.739. The van der Waals surface area contributed by atoms with Crippen molar-refractivity contribution >= 4 is 27.3 Å². The maximum absolute atomic E-state index is 12.7. The van der Waals surface area contributed by atoms with Gasteiger partial charge >= 0.3 is 0 Å². The Hall–Kier alpha value is -1.89. The Morgan fingerprint density at radius 1 is 1.11 bits per heavy atom. The number of aryl methyl sites for hydroxylation is 1. The van der Waals surface area contributed by atoms with E-state index in [1.807, 2.05) is 26.0 Å². The number of nitrogens with zero attached hydrogens (tertiary/aromatic N) is 1. The average Bonchev–Trinajstić information content (AvgIpc) is 2.65. The van der Waals surface area contributed by atoms with Crippen LogP contribution < -0.4 is 0 Å². The highest BCUT2D eigenvalue weighted by atomic mass is 35.5. The lowest BCUT2D eigenvalue weighted by Crippen LogP contribution is -2.48. The minimum atomic E-state index is -3.41. The fraction of sp³-hybridized carbons (Fsp3) is 0.381. The Morgan fingerprint density at radius 2 is 1.75 bits per heavy atom. The number of carbonyl (C=O) groups excluding carboxylic acids is 1. The SMILES string of the molecule is C[C@@H]1CN(C(=O)c2ccc(CCS(=O)(=O)c3cccc(Cl)c3)cc2)C[C@H](C)O1. The molecule has 1 saturated heterocycles. The molecule has 1 amide bonds. The summed E-state index contributed by atoms with van der Waals surface area (Å²) < 4.78 is 30.6. The molecule has 0 bridgehead atoms. The Balaban J connectivity index is 1.64. The summed E-state index contributed by atoms with van der Waals surface area (Å²) in [7, 11) is -3.41. The molecule has 1 heterocycles. The van der Waals surface area contributed by atoms with Crippen LogP contribution in [0.25, 0.3) is 0 Å². The van der Waals surface area contributed by atoms with Crippen molar-refractivity contribution < 1.29 is 17.9 Å². The van der Waals surface area contributed by atoms with Crippen molar-refractivity contribution in [2.24, 2.45) is 0 Å². The Bertz CT molecular complexity index is 933. The highest BCUT2D eigenvalue weighted by Crippen LogP contribution is 2.19. The standard InChI is InChI=1S/C21H24ClNO4S/c1-15-13-23(14-16(2)27-15)21(24)18-8-6-17(7-9-18)10-11-28(25,26)20-5-3-4-19(22)12-20/h3-9,12,15-16H,10-11,13-14H2,1-2H3/t15-,16+. The Kier molecular flexibility index (Phi) is 6.43. The van der Waals surface area contributed by atoms with Gasteiger partial charge in [-0.05, 0) is 56.2 Å². The van der Waals surface area contributed by atoms with E-state index < -0.39 is 9.84 Å². The smallest absolute Gasteiger partial charge is 0.254 e. The van der Waals surface area contributed by atoms with E-state index in [0.29, 0.717) is 30.1 Å². The monoisotopic (exact) mass is 421 g/mol. The van der Waals surface area contributed by atoms with E-state index in [4.69, 9.17) is 16.3 Å². The summed E-state index contributed by atoms with van der Waals surface area (Å²) >= 11 is 5.89. The highest BCUT2D eigenvalue weighted by molar-refractivity contribution is 7.91. The molecule has 2 aromatic rings. The molecule has 2 atom stereocenters. The second-order valence-corrected chi connectivity index (χ2v) is 9.74. The number of hydrogen-bond acceptors (Lipinski definition) is 4. The number of amides is 1. The molecule has 0 N–H and O–H groups in total. The van der Waals surface area contributed by atoms with Gasteiger partial charge in [0.1, 0.15) is 0 Å². The number of rotatable bonds is 5. The summed E-state index contributed by atoms with van der Waals surface area (Å²) in [6.07, 6.45) is 0.405. The summed E-state index contributed by atoms with van der Waals surface area (Å²) in [6.45, 7) is 5.06. The first-order valence-electron chi connectivity index (χ1n) is 9.26. The zero-order chi connectivity index (χ0) is 20.3. The molecule has 150 valence electrons. The molecule has 5 nitrogen and oxygen atoms in total. The van der Waals surface area contributed by atoms with Gasteiger partial charge in [0, 0.05) is 23.7 Å². The van der Waals surface area contributed by atoms with Crippen LogP contribution in [0.4, 0.5) is 0 Å². The highest BCUT2D eigenvalue weighted by Gasteiger charge is 2.26. The molecule has 7 heteroatoms. The Morgan fingerprint density at radius 3 is 2.36 bits per heavy atom. The third kappa shape index (κ3) is 5.13. The lowest BCUT2D eigenvalue weighted by atomic mass is 10.1. The van der Waals surface area contributed by atoms with Crippen molar-refractivity contribution in [3.63, 3.8) is 0 Å². The number of morpholine rings is 1. The van der Waals surface area contributed by atoms with Crippen LogP contribution >= 0.6 is 11.6 Å². The van der Waals surface area contributed by atoms with E-state index in [1.54, 1.807) is 35.2 Å². The van der Waals surface area contributed by atoms with E-state index >= 15 is 0 Å². The van der Waals surface area contributed by atoms with Gasteiger partial charge in [0.25, 0.3) is 5.91 Å². The molecule has 1 fully saturated rings. The number of benzene rings is 2. The van der Waals surface area contributed by atoms with Gasteiger partial charge in [0.15, 0.2) is 9.84 Å². The number of halogens is 1. The summed E-state index contributed by atoms with van der Waals surface area (Å²) in [4.78, 5) is 14.7. The average molecular weight is 422 g/mol. The second kappa shape index (κ2) is 8.64. The normalized spacial score (nSPS) is 20.2. The van der Waals surface area contributed by atoms with E-state index in [2.05, 4.69) is 0 Å². The van der Waals surface area contributed by atoms with E-state index in [1.165, 1.54) is 6.07 Å². The van der Waals surface area contributed by atoms with Crippen LogP contribution in [-0.2, 0) is 21.0 Å². The lowest BCUT2D eigenvalue weighted by Gasteiger charge is -2.35. The third-order valence-corrected chi connectivity index (χ3v) is 6.67. The second-order valence-electron chi connectivity index (χ2n) is 7.19. The minimum absolute atomic E-state index is 0.0148. The molecular formula is C21H24ClNO4S. The van der Waals surface area contributed by atoms with Gasteiger partial charge in [0.2, 0.25) is 0 Å². The first kappa shape index (κ1) is 20.8. The van der Waals surface area contributed by atoms with Crippen molar-refractivity contribution in [3.8, 4) is 0 Å². The lowest BCUT2D eigenvalue weighted by molar-refractivity contribution is -0.0586. The largest absolute Gasteiger partial charge is 0.372 e. The van der Waals surface area contributed by atoms with Crippen molar-refractivity contribution in [3.05, 3.63) is 64.7 Å². The van der Waals surface area contributed by atoms with Crippen molar-refractivity contribution in [2.45, 2.75) is 37.4 Å². The summed E-state index contributed by atoms with van der Waals surface area (Å²) in [5, 5.41) is 0.399. The van der Waals surface area contributed by atoms with Crippen LogP contribution in [0.2, 0.25) is 5.02 Å². The molecule has 0 saturated carbocycles. The van der Waals surface area contributed by atoms with Gasteiger partial charge < -0.3 is 9.64 Å². The summed E-state index contributed by atoms with van der Waals surface area (Å²) in [5.74, 6) is -0.0424. The zero-order valence-electron chi connectivity index (χ0n) is 16.0. The maximum atomic E-state index is 12.7. The number of ether oxygens (including phenoxy) is 1. The summed E-state index contributed by atoms with van der Waals surface area (Å²) in [5.41, 5.74) is 1.47. The van der Waals surface area contributed by atoms with Gasteiger partial charge in [-0.15, -0.1) is 0 Å². The molecule has 0 aliphatic carbocycles. The topological polar surface area (TPSA) is 63.7 Å². The van der Waals surface area contributed by atoms with Crippen LogP contribution in [0.15, 0.2) is 53.4 Å². The molecule has 0 spiro atoms. The number of hydrogen-bond donors (Lipinski definition) is 0. The predicted octanol–water partition coefficient (Wildman–Crippen LogP) is 3.61. The zero-order valence-corrected chi connectivity index (χ0v) is 17.5. The summed E-state index contributed by atoms with van der Waals surface area (Å²) in [6, 6.07) is 13.4. The van der Waals surface area contributed by atoms with Crippen LogP contribution in [0.1, 0.15) is 29.8 Å². The van der Waals surface area contributed by atoms with Crippen LogP contribution in [0, 0.1) is 0 Å². The van der Waals surface area contributed by atoms with E-state index in [-0.39, 0.29) is 28.8 Å². The molecule has 2 aromatic carbocycles. The van der Waals surface area contributed by atoms with Crippen molar-refractivity contribution in [1.29, 1.82) is 0 Å². The molecule has 3 rings (SSSR count). The van der Waals surface area contributed by atoms with Gasteiger partial charge in [-0.2, -0.15) is 0 Å². The first-order chi connectivity index (χ1) is 13.2. The molecule has 0 radical (unpaired) electrons. The molecule has 1 aliphatic rings. The third-order valence-electron chi connectivity index (χ3n) is 4.72. The van der Waals surface area contributed by atoms with Gasteiger partial charge in [-0.25, -0.2) is 8.42 Å². The Labute approximate surface area is 171 Å². The van der Waals surface area contributed by atoms with Crippen LogP contribution in [0.5, 0.6) is 0 Å². The fourth-order valence-electron chi connectivity index (χ4n) is 3.37. The number of sulfone groups is 1. The van der Waals surface area contributed by atoms with Gasteiger partial charge in [0.05, 0.1) is 22.9 Å². The van der Waals surface area contributed by atoms with Gasteiger partial charge in [-0.1, -0.05) is 29.8 Å². The van der Waals surface area contributed by atoms with Gasteiger partial charge in [-0.3, -0.25) is 4.79 Å². The first-order valence-corrected chi connectivity index (χ1v) is 11.3. The number of carbonyl (C=O) groups is 1. The van der Waals surface area contributed by atoms with Crippen LogP contribution in [-0.4, -0.2) is 50.3 Å². The maximum Gasteiger partial charge on any atom is 0.254 e. The molecular weight excluding hydrogens is 398 g/mol. The molecule has 0 aromatic heterocycles. The predicted molar refractivity (Wildman–Crippen MR) is 110 cm³/mol.